The van der Waals surface area contributed by atoms with Crippen LogP contribution in [0.25, 0.3) is 11.1 Å². The first-order valence-electron chi connectivity index (χ1n) is 5.81. The molecule has 2 aromatic carbocycles. The van der Waals surface area contributed by atoms with Gasteiger partial charge in [-0.2, -0.15) is 22.0 Å². The van der Waals surface area contributed by atoms with Gasteiger partial charge in [-0.25, -0.2) is 0 Å². The monoisotopic (exact) mass is 356 g/mol. The quantitative estimate of drug-likeness (QED) is 0.588. The van der Waals surface area contributed by atoms with Crippen molar-refractivity contribution in [1.82, 2.24) is 0 Å². The van der Waals surface area contributed by atoms with E-state index < -0.39 is 29.7 Å². The molecule has 0 unspecified atom stereocenters. The van der Waals surface area contributed by atoms with Crippen LogP contribution in [-0.2, 0) is 6.18 Å². The number of alkyl halides is 5. The highest BCUT2D eigenvalue weighted by Crippen LogP contribution is 2.47. The fourth-order valence-corrected chi connectivity index (χ4v) is 2.54. The minimum absolute atomic E-state index is 0.108. The van der Waals surface area contributed by atoms with Gasteiger partial charge in [0, 0.05) is 11.1 Å². The van der Waals surface area contributed by atoms with Crippen LogP contribution < -0.4 is 4.74 Å². The van der Waals surface area contributed by atoms with Crippen LogP contribution in [0, 0.1) is 0 Å². The molecule has 0 aliphatic heterocycles. The van der Waals surface area contributed by atoms with Gasteiger partial charge in [0.25, 0.3) is 0 Å². The Morgan fingerprint density at radius 2 is 1.41 bits per heavy atom. The number of halogens is 7. The molecule has 22 heavy (non-hydrogen) atoms. The van der Waals surface area contributed by atoms with Gasteiger partial charge in [0.1, 0.15) is 5.75 Å². The van der Waals surface area contributed by atoms with Gasteiger partial charge in [0.15, 0.2) is 0 Å². The van der Waals surface area contributed by atoms with Gasteiger partial charge in [-0.05, 0) is 24.3 Å². The second-order valence-electron chi connectivity index (χ2n) is 4.15. The van der Waals surface area contributed by atoms with Gasteiger partial charge in [0.2, 0.25) is 0 Å². The Morgan fingerprint density at radius 3 is 1.91 bits per heavy atom. The molecule has 0 heterocycles. The smallest absolute Gasteiger partial charge is 0.417 e. The maximum Gasteiger partial charge on any atom is 0.417 e. The van der Waals surface area contributed by atoms with E-state index in [0.717, 1.165) is 18.2 Å². The third kappa shape index (κ3) is 3.44. The Bertz CT molecular complexity index is 665. The van der Waals surface area contributed by atoms with E-state index in [1.54, 1.807) is 0 Å². The highest BCUT2D eigenvalue weighted by atomic mass is 35.5. The van der Waals surface area contributed by atoms with Crippen molar-refractivity contribution in [3.8, 4) is 16.9 Å². The molecule has 0 aromatic heterocycles. The Labute approximate surface area is 132 Å². The molecular weight excluding hydrogens is 350 g/mol. The first-order valence-corrected chi connectivity index (χ1v) is 6.57. The van der Waals surface area contributed by atoms with Crippen molar-refractivity contribution in [2.75, 3.05) is 0 Å². The minimum Gasteiger partial charge on any atom is -0.434 e. The summed E-state index contributed by atoms with van der Waals surface area (Å²) in [5, 5.41) is -0.216. The molecule has 0 saturated carbocycles. The normalized spacial score (nSPS) is 11.8. The molecule has 8 heteroatoms. The summed E-state index contributed by atoms with van der Waals surface area (Å²) in [7, 11) is 0. The number of rotatable bonds is 3. The highest BCUT2D eigenvalue weighted by Gasteiger charge is 2.36. The third-order valence-electron chi connectivity index (χ3n) is 2.76. The van der Waals surface area contributed by atoms with E-state index in [1.807, 2.05) is 0 Å². The standard InChI is InChI=1S/C14H7Cl2F5O/c15-8-4-2-5-9(16)12(8)11-7(14(19,20)21)3-1-6-10(11)22-13(17)18/h1-6,13H. The summed E-state index contributed by atoms with van der Waals surface area (Å²) in [6.45, 7) is -3.29. The van der Waals surface area contributed by atoms with Crippen LogP contribution >= 0.6 is 23.2 Å². The Balaban J connectivity index is 2.81. The Hall–Kier alpha value is -1.53. The maximum absolute atomic E-state index is 13.2. The summed E-state index contributed by atoms with van der Waals surface area (Å²) in [5.41, 5.74) is -2.00. The van der Waals surface area contributed by atoms with Crippen molar-refractivity contribution >= 4 is 23.2 Å². The van der Waals surface area contributed by atoms with Crippen LogP contribution in [0.3, 0.4) is 0 Å². The third-order valence-corrected chi connectivity index (χ3v) is 3.39. The van der Waals surface area contributed by atoms with E-state index in [4.69, 9.17) is 23.2 Å². The Morgan fingerprint density at radius 1 is 0.864 bits per heavy atom. The number of ether oxygens (including phenoxy) is 1. The lowest BCUT2D eigenvalue weighted by molar-refractivity contribution is -0.137. The van der Waals surface area contributed by atoms with Gasteiger partial charge < -0.3 is 4.74 Å². The molecular formula is C14H7Cl2F5O. The molecule has 0 saturated heterocycles. The molecule has 2 aromatic rings. The van der Waals surface area contributed by atoms with E-state index in [1.165, 1.54) is 18.2 Å². The average molecular weight is 357 g/mol. The first-order chi connectivity index (χ1) is 10.2. The number of hydrogen-bond acceptors (Lipinski definition) is 1. The van der Waals surface area contributed by atoms with Crippen molar-refractivity contribution in [2.24, 2.45) is 0 Å². The van der Waals surface area contributed by atoms with Gasteiger partial charge >= 0.3 is 12.8 Å². The summed E-state index contributed by atoms with van der Waals surface area (Å²) in [4.78, 5) is 0. The van der Waals surface area contributed by atoms with E-state index in [0.29, 0.717) is 0 Å². The molecule has 0 radical (unpaired) electrons. The SMILES string of the molecule is FC(F)Oc1cccc(C(F)(F)F)c1-c1c(Cl)cccc1Cl. The lowest BCUT2D eigenvalue weighted by Crippen LogP contribution is -2.11. The zero-order valence-corrected chi connectivity index (χ0v) is 12.1. The highest BCUT2D eigenvalue weighted by molar-refractivity contribution is 6.39. The summed E-state index contributed by atoms with van der Waals surface area (Å²) in [5.74, 6) is -0.653. The predicted molar refractivity (Wildman–Crippen MR) is 73.5 cm³/mol. The topological polar surface area (TPSA) is 9.23 Å². The molecule has 2 rings (SSSR count). The molecule has 0 aliphatic rings. The van der Waals surface area contributed by atoms with Gasteiger partial charge in [0.05, 0.1) is 15.6 Å². The van der Waals surface area contributed by atoms with Crippen molar-refractivity contribution in [2.45, 2.75) is 12.8 Å². The molecule has 1 nitrogen and oxygen atoms in total. The molecule has 0 N–H and O–H groups in total. The largest absolute Gasteiger partial charge is 0.434 e. The van der Waals surface area contributed by atoms with E-state index in [2.05, 4.69) is 4.74 Å². The van der Waals surface area contributed by atoms with Crippen molar-refractivity contribution < 1.29 is 26.7 Å². The molecule has 0 amide bonds. The summed E-state index contributed by atoms with van der Waals surface area (Å²) >= 11 is 11.8. The maximum atomic E-state index is 13.2. The Kier molecular flexibility index (Phi) is 4.82. The lowest BCUT2D eigenvalue weighted by Gasteiger charge is -2.19. The predicted octanol–water partition coefficient (Wildman–Crippen LogP) is 6.28. The molecule has 118 valence electrons. The van der Waals surface area contributed by atoms with Gasteiger partial charge in [-0.15, -0.1) is 0 Å². The molecule has 0 atom stereocenters. The second-order valence-corrected chi connectivity index (χ2v) is 4.97. The lowest BCUT2D eigenvalue weighted by atomic mass is 9.98. The summed E-state index contributed by atoms with van der Waals surface area (Å²) < 4.78 is 68.7. The minimum atomic E-state index is -4.79. The van der Waals surface area contributed by atoms with Crippen molar-refractivity contribution in [3.63, 3.8) is 0 Å². The fraction of sp³-hybridized carbons (Fsp3) is 0.143. The van der Waals surface area contributed by atoms with Crippen molar-refractivity contribution in [3.05, 3.63) is 52.0 Å². The molecule has 0 fully saturated rings. The number of benzene rings is 2. The van der Waals surface area contributed by atoms with Crippen LogP contribution in [0.15, 0.2) is 36.4 Å². The summed E-state index contributed by atoms with van der Waals surface area (Å²) in [6, 6.07) is 6.75. The van der Waals surface area contributed by atoms with Gasteiger partial charge in [-0.3, -0.25) is 0 Å². The van der Waals surface area contributed by atoms with Crippen LogP contribution in [0.4, 0.5) is 22.0 Å². The van der Waals surface area contributed by atoms with Gasteiger partial charge in [-0.1, -0.05) is 35.3 Å². The van der Waals surface area contributed by atoms with Crippen LogP contribution in [-0.4, -0.2) is 6.61 Å². The van der Waals surface area contributed by atoms with E-state index in [-0.39, 0.29) is 15.6 Å². The van der Waals surface area contributed by atoms with E-state index in [9.17, 15) is 22.0 Å². The average Bonchev–Trinajstić information content (AvgIpc) is 2.38. The first kappa shape index (κ1) is 16.8. The summed E-state index contributed by atoms with van der Waals surface area (Å²) in [6.07, 6.45) is -4.79. The zero-order valence-electron chi connectivity index (χ0n) is 10.6. The second kappa shape index (κ2) is 6.30. The van der Waals surface area contributed by atoms with E-state index >= 15 is 0 Å². The van der Waals surface area contributed by atoms with Crippen LogP contribution in [0.5, 0.6) is 5.75 Å². The molecule has 0 bridgehead atoms. The zero-order chi connectivity index (χ0) is 16.5. The molecule has 0 aliphatic carbocycles. The van der Waals surface area contributed by atoms with Crippen LogP contribution in [0.2, 0.25) is 10.0 Å². The van der Waals surface area contributed by atoms with Crippen LogP contribution in [0.1, 0.15) is 5.56 Å². The fourth-order valence-electron chi connectivity index (χ4n) is 1.96. The van der Waals surface area contributed by atoms with Crippen molar-refractivity contribution in [1.29, 1.82) is 0 Å². The number of hydrogen-bond donors (Lipinski definition) is 0. The molecule has 0 spiro atoms.